The molecule has 4 nitrogen and oxygen atoms in total. The van der Waals surface area contributed by atoms with Crippen LogP contribution in [0.4, 0.5) is 0 Å². The molecule has 0 rings (SSSR count). The van der Waals surface area contributed by atoms with Crippen molar-refractivity contribution in [3.8, 4) is 0 Å². The van der Waals surface area contributed by atoms with E-state index in [4.69, 9.17) is 0 Å². The van der Waals surface area contributed by atoms with Crippen molar-refractivity contribution in [2.24, 2.45) is 0 Å². The van der Waals surface area contributed by atoms with Gasteiger partial charge in [-0.3, -0.25) is 9.59 Å². The van der Waals surface area contributed by atoms with E-state index in [1.807, 2.05) is 0 Å². The van der Waals surface area contributed by atoms with Crippen molar-refractivity contribution in [2.75, 3.05) is 13.2 Å². The minimum atomic E-state index is -0.474. The molecule has 4 heteroatoms. The molecule has 0 bridgehead atoms. The largest absolute Gasteiger partial charge is 0.466 e. The highest BCUT2D eigenvalue weighted by molar-refractivity contribution is 5.94. The second kappa shape index (κ2) is 5.70. The fraction of sp³-hybridized carbons (Fsp3) is 0.714. The number of rotatable bonds is 4. The molecule has 1 amide bonds. The molecule has 0 atom stereocenters. The lowest BCUT2D eigenvalue weighted by atomic mass is 10.4. The van der Waals surface area contributed by atoms with Crippen molar-refractivity contribution in [2.45, 2.75) is 20.3 Å². The highest BCUT2D eigenvalue weighted by Gasteiger charge is 2.07. The van der Waals surface area contributed by atoms with Crippen LogP contribution in [0.2, 0.25) is 0 Å². The van der Waals surface area contributed by atoms with Gasteiger partial charge in [0.1, 0.15) is 6.42 Å². The standard InChI is InChI=1S/C7H13NO3/c1-3-8-6(9)5-7(10)11-4-2/h3-5H2,1-2H3,(H,8,9). The average Bonchev–Trinajstić information content (AvgIpc) is 1.87. The zero-order valence-corrected chi connectivity index (χ0v) is 6.85. The third-order valence-corrected chi connectivity index (χ3v) is 0.984. The van der Waals surface area contributed by atoms with Crippen LogP contribution in [0.1, 0.15) is 20.3 Å². The van der Waals surface area contributed by atoms with E-state index in [1.54, 1.807) is 13.8 Å². The first-order valence-corrected chi connectivity index (χ1v) is 3.63. The topological polar surface area (TPSA) is 55.4 Å². The minimum absolute atomic E-state index is 0.179. The molecule has 0 aliphatic rings. The number of hydrogen-bond acceptors (Lipinski definition) is 3. The van der Waals surface area contributed by atoms with E-state index < -0.39 is 5.97 Å². The van der Waals surface area contributed by atoms with E-state index in [0.29, 0.717) is 13.2 Å². The third kappa shape index (κ3) is 5.39. The molecule has 0 aliphatic heterocycles. The maximum atomic E-state index is 10.7. The Balaban J connectivity index is 3.49. The maximum absolute atomic E-state index is 10.7. The van der Waals surface area contributed by atoms with Crippen LogP contribution in [0.5, 0.6) is 0 Å². The molecule has 0 saturated carbocycles. The molecule has 0 aromatic heterocycles. The van der Waals surface area contributed by atoms with E-state index in [0.717, 1.165) is 0 Å². The maximum Gasteiger partial charge on any atom is 0.315 e. The summed E-state index contributed by atoms with van der Waals surface area (Å²) >= 11 is 0. The van der Waals surface area contributed by atoms with Gasteiger partial charge < -0.3 is 10.1 Å². The zero-order chi connectivity index (χ0) is 8.69. The molecular formula is C7H13NO3. The highest BCUT2D eigenvalue weighted by atomic mass is 16.5. The SMILES string of the molecule is CCNC(=O)CC(=O)OCC. The van der Waals surface area contributed by atoms with Gasteiger partial charge >= 0.3 is 5.97 Å². The number of hydrogen-bond donors (Lipinski definition) is 1. The Bertz CT molecular complexity index is 129. The molecule has 0 aliphatic carbocycles. The second-order valence-electron chi connectivity index (χ2n) is 1.94. The van der Waals surface area contributed by atoms with Crippen molar-refractivity contribution >= 4 is 11.9 Å². The summed E-state index contributed by atoms with van der Waals surface area (Å²) in [4.78, 5) is 21.4. The summed E-state index contributed by atoms with van der Waals surface area (Å²) in [5.74, 6) is -0.760. The lowest BCUT2D eigenvalue weighted by Crippen LogP contribution is -2.25. The van der Waals surface area contributed by atoms with Gasteiger partial charge in [-0.05, 0) is 13.8 Å². The van der Waals surface area contributed by atoms with Gasteiger partial charge in [0.05, 0.1) is 6.61 Å². The molecule has 0 aromatic carbocycles. The molecule has 0 saturated heterocycles. The fourth-order valence-electron chi connectivity index (χ4n) is 0.603. The summed E-state index contributed by atoms with van der Waals surface area (Å²) in [6, 6.07) is 0. The van der Waals surface area contributed by atoms with Crippen molar-refractivity contribution in [1.82, 2.24) is 5.32 Å². The minimum Gasteiger partial charge on any atom is -0.466 e. The van der Waals surface area contributed by atoms with Crippen molar-refractivity contribution in [3.05, 3.63) is 0 Å². The molecule has 0 heterocycles. The highest BCUT2D eigenvalue weighted by Crippen LogP contribution is 1.85. The van der Waals surface area contributed by atoms with E-state index in [1.165, 1.54) is 0 Å². The zero-order valence-electron chi connectivity index (χ0n) is 6.85. The summed E-state index contributed by atoms with van der Waals surface area (Å²) in [6.45, 7) is 4.36. The van der Waals surface area contributed by atoms with Gasteiger partial charge in [-0.15, -0.1) is 0 Å². The Hall–Kier alpha value is -1.06. The summed E-state index contributed by atoms with van der Waals surface area (Å²) in [7, 11) is 0. The molecule has 1 N–H and O–H groups in total. The molecule has 0 spiro atoms. The lowest BCUT2D eigenvalue weighted by Gasteiger charge is -2.01. The first kappa shape index (κ1) is 9.94. The first-order chi connectivity index (χ1) is 5.20. The summed E-state index contributed by atoms with van der Waals surface area (Å²) in [5.41, 5.74) is 0. The third-order valence-electron chi connectivity index (χ3n) is 0.984. The lowest BCUT2D eigenvalue weighted by molar-refractivity contribution is -0.145. The Morgan fingerprint density at radius 1 is 1.36 bits per heavy atom. The van der Waals surface area contributed by atoms with E-state index >= 15 is 0 Å². The monoisotopic (exact) mass is 159 g/mol. The number of amides is 1. The summed E-state index contributed by atoms with van der Waals surface area (Å²) in [5, 5.41) is 2.50. The molecule has 0 radical (unpaired) electrons. The summed E-state index contributed by atoms with van der Waals surface area (Å²) in [6.07, 6.45) is -0.179. The number of carbonyl (C=O) groups is 2. The Labute approximate surface area is 65.9 Å². The van der Waals surface area contributed by atoms with Gasteiger partial charge in [0.15, 0.2) is 0 Å². The van der Waals surface area contributed by atoms with E-state index in [-0.39, 0.29) is 12.3 Å². The van der Waals surface area contributed by atoms with Gasteiger partial charge in [0.2, 0.25) is 5.91 Å². The summed E-state index contributed by atoms with van der Waals surface area (Å²) < 4.78 is 4.56. The van der Waals surface area contributed by atoms with Crippen molar-refractivity contribution in [1.29, 1.82) is 0 Å². The number of esters is 1. The molecule has 64 valence electrons. The van der Waals surface area contributed by atoms with Crippen molar-refractivity contribution < 1.29 is 14.3 Å². The van der Waals surface area contributed by atoms with Crippen LogP contribution in [-0.4, -0.2) is 25.0 Å². The van der Waals surface area contributed by atoms with E-state index in [2.05, 4.69) is 10.1 Å². The molecule has 0 unspecified atom stereocenters. The predicted octanol–water partition coefficient (Wildman–Crippen LogP) is 0.0757. The van der Waals surface area contributed by atoms with Gasteiger partial charge in [-0.2, -0.15) is 0 Å². The Morgan fingerprint density at radius 2 is 2.00 bits per heavy atom. The van der Waals surface area contributed by atoms with Crippen LogP contribution in [0.15, 0.2) is 0 Å². The van der Waals surface area contributed by atoms with Gasteiger partial charge in [-0.25, -0.2) is 0 Å². The van der Waals surface area contributed by atoms with Crippen molar-refractivity contribution in [3.63, 3.8) is 0 Å². The smallest absolute Gasteiger partial charge is 0.315 e. The quantitative estimate of drug-likeness (QED) is 0.466. The second-order valence-corrected chi connectivity index (χ2v) is 1.94. The molecular weight excluding hydrogens is 146 g/mol. The van der Waals surface area contributed by atoms with E-state index in [9.17, 15) is 9.59 Å². The first-order valence-electron chi connectivity index (χ1n) is 3.63. The average molecular weight is 159 g/mol. The van der Waals surface area contributed by atoms with Crippen LogP contribution >= 0.6 is 0 Å². The Morgan fingerprint density at radius 3 is 2.45 bits per heavy atom. The van der Waals surface area contributed by atoms with Crippen LogP contribution in [0.3, 0.4) is 0 Å². The van der Waals surface area contributed by atoms with Gasteiger partial charge in [0.25, 0.3) is 0 Å². The fourth-order valence-corrected chi connectivity index (χ4v) is 0.603. The normalized spacial score (nSPS) is 8.91. The number of carbonyl (C=O) groups excluding carboxylic acids is 2. The predicted molar refractivity (Wildman–Crippen MR) is 39.9 cm³/mol. The van der Waals surface area contributed by atoms with Gasteiger partial charge in [-0.1, -0.05) is 0 Å². The van der Waals surface area contributed by atoms with Gasteiger partial charge in [0, 0.05) is 6.54 Å². The molecule has 0 aromatic rings. The number of nitrogens with one attached hydrogen (secondary N) is 1. The Kier molecular flexibility index (Phi) is 5.15. The molecule has 11 heavy (non-hydrogen) atoms. The van der Waals surface area contributed by atoms with Crippen LogP contribution in [0, 0.1) is 0 Å². The van der Waals surface area contributed by atoms with Crippen LogP contribution in [-0.2, 0) is 14.3 Å². The number of ether oxygens (including phenoxy) is 1. The van der Waals surface area contributed by atoms with Crippen LogP contribution in [0.25, 0.3) is 0 Å². The van der Waals surface area contributed by atoms with Crippen LogP contribution < -0.4 is 5.32 Å². The molecule has 0 fully saturated rings.